The standard InChI is InChI=1S/C16H10F6O2/c17-15(18,19)11-6-4-9(5-7-11)13(14(23)24)10-2-1-3-12(8-10)16(20,21)22/h1-8,13H,(H,23,24). The van der Waals surface area contributed by atoms with Gasteiger partial charge in [0.25, 0.3) is 0 Å². The van der Waals surface area contributed by atoms with Crippen LogP contribution in [-0.2, 0) is 17.1 Å². The topological polar surface area (TPSA) is 37.3 Å². The van der Waals surface area contributed by atoms with Crippen molar-refractivity contribution < 1.29 is 36.2 Å². The van der Waals surface area contributed by atoms with Gasteiger partial charge in [0.15, 0.2) is 0 Å². The molecule has 0 aliphatic heterocycles. The lowest BCUT2D eigenvalue weighted by molar-refractivity contribution is -0.139. The molecule has 0 saturated carbocycles. The Labute approximate surface area is 132 Å². The molecule has 24 heavy (non-hydrogen) atoms. The second-order valence-electron chi connectivity index (χ2n) is 5.01. The summed E-state index contributed by atoms with van der Waals surface area (Å²) in [7, 11) is 0. The van der Waals surface area contributed by atoms with Crippen molar-refractivity contribution in [2.75, 3.05) is 0 Å². The van der Waals surface area contributed by atoms with Gasteiger partial charge in [0.1, 0.15) is 5.92 Å². The van der Waals surface area contributed by atoms with E-state index in [9.17, 15) is 36.2 Å². The number of carboxylic acid groups (broad SMARTS) is 1. The summed E-state index contributed by atoms with van der Waals surface area (Å²) in [6.45, 7) is 0. The van der Waals surface area contributed by atoms with Gasteiger partial charge in [0.2, 0.25) is 0 Å². The van der Waals surface area contributed by atoms with Gasteiger partial charge in [-0.1, -0.05) is 30.3 Å². The average Bonchev–Trinajstić information content (AvgIpc) is 2.46. The Balaban J connectivity index is 2.46. The van der Waals surface area contributed by atoms with E-state index in [0.717, 1.165) is 24.3 Å². The maximum atomic E-state index is 12.7. The minimum absolute atomic E-state index is 0.0465. The third kappa shape index (κ3) is 3.87. The average molecular weight is 348 g/mol. The van der Waals surface area contributed by atoms with E-state index in [2.05, 4.69) is 0 Å². The molecule has 2 aromatic carbocycles. The Morgan fingerprint density at radius 1 is 0.792 bits per heavy atom. The normalized spacial score (nSPS) is 13.6. The second-order valence-corrected chi connectivity index (χ2v) is 5.01. The third-order valence-corrected chi connectivity index (χ3v) is 3.37. The molecule has 0 aromatic heterocycles. The minimum Gasteiger partial charge on any atom is -0.481 e. The van der Waals surface area contributed by atoms with E-state index < -0.39 is 35.4 Å². The van der Waals surface area contributed by atoms with E-state index in [1.165, 1.54) is 6.07 Å². The fourth-order valence-corrected chi connectivity index (χ4v) is 2.24. The van der Waals surface area contributed by atoms with Crippen LogP contribution in [0.2, 0.25) is 0 Å². The van der Waals surface area contributed by atoms with Gasteiger partial charge in [-0.2, -0.15) is 26.3 Å². The molecule has 1 N–H and O–H groups in total. The largest absolute Gasteiger partial charge is 0.481 e. The monoisotopic (exact) mass is 348 g/mol. The lowest BCUT2D eigenvalue weighted by atomic mass is 9.90. The first kappa shape index (κ1) is 17.8. The van der Waals surface area contributed by atoms with Gasteiger partial charge in [0, 0.05) is 0 Å². The lowest BCUT2D eigenvalue weighted by Gasteiger charge is -2.16. The molecule has 0 saturated heterocycles. The van der Waals surface area contributed by atoms with Gasteiger partial charge in [-0.05, 0) is 29.3 Å². The molecule has 0 heterocycles. The number of alkyl halides is 6. The summed E-state index contributed by atoms with van der Waals surface area (Å²) in [4.78, 5) is 11.4. The molecule has 2 rings (SSSR count). The Morgan fingerprint density at radius 3 is 1.79 bits per heavy atom. The highest BCUT2D eigenvalue weighted by Gasteiger charge is 2.33. The molecule has 0 fully saturated rings. The van der Waals surface area contributed by atoms with Gasteiger partial charge in [-0.3, -0.25) is 4.79 Å². The van der Waals surface area contributed by atoms with Crippen molar-refractivity contribution in [2.45, 2.75) is 18.3 Å². The van der Waals surface area contributed by atoms with Gasteiger partial charge in [-0.15, -0.1) is 0 Å². The molecule has 2 nitrogen and oxygen atoms in total. The summed E-state index contributed by atoms with van der Waals surface area (Å²) >= 11 is 0. The fourth-order valence-electron chi connectivity index (χ4n) is 2.24. The molecule has 1 atom stereocenters. The van der Waals surface area contributed by atoms with Crippen LogP contribution in [0.1, 0.15) is 28.2 Å². The van der Waals surface area contributed by atoms with Crippen LogP contribution in [0.15, 0.2) is 48.5 Å². The minimum atomic E-state index is -4.65. The highest BCUT2D eigenvalue weighted by molar-refractivity contribution is 5.80. The molecule has 0 radical (unpaired) electrons. The SMILES string of the molecule is O=C(O)C(c1ccc(C(F)(F)F)cc1)c1cccc(C(F)(F)F)c1. The van der Waals surface area contributed by atoms with Crippen LogP contribution >= 0.6 is 0 Å². The number of aliphatic carboxylic acids is 1. The molecule has 0 aliphatic carbocycles. The first-order valence-electron chi connectivity index (χ1n) is 6.57. The van der Waals surface area contributed by atoms with Crippen molar-refractivity contribution in [3.8, 4) is 0 Å². The first-order valence-corrected chi connectivity index (χ1v) is 6.57. The molecular weight excluding hydrogens is 338 g/mol. The van der Waals surface area contributed by atoms with E-state index >= 15 is 0 Å². The van der Waals surface area contributed by atoms with Crippen LogP contribution in [0.4, 0.5) is 26.3 Å². The zero-order chi connectivity index (χ0) is 18.1. The molecule has 0 bridgehead atoms. The van der Waals surface area contributed by atoms with Crippen LogP contribution in [0, 0.1) is 0 Å². The van der Waals surface area contributed by atoms with Crippen molar-refractivity contribution >= 4 is 5.97 Å². The molecular formula is C16H10F6O2. The number of hydrogen-bond acceptors (Lipinski definition) is 1. The number of halogens is 6. The number of rotatable bonds is 3. The number of carbonyl (C=O) groups is 1. The Morgan fingerprint density at radius 2 is 1.33 bits per heavy atom. The van der Waals surface area contributed by atoms with Crippen molar-refractivity contribution in [1.29, 1.82) is 0 Å². The van der Waals surface area contributed by atoms with Gasteiger partial charge < -0.3 is 5.11 Å². The van der Waals surface area contributed by atoms with Gasteiger partial charge >= 0.3 is 18.3 Å². The number of benzene rings is 2. The van der Waals surface area contributed by atoms with Crippen molar-refractivity contribution in [3.63, 3.8) is 0 Å². The molecule has 0 spiro atoms. The van der Waals surface area contributed by atoms with Crippen LogP contribution < -0.4 is 0 Å². The highest BCUT2D eigenvalue weighted by Crippen LogP contribution is 2.34. The predicted molar refractivity (Wildman–Crippen MR) is 72.4 cm³/mol. The molecule has 0 amide bonds. The smallest absolute Gasteiger partial charge is 0.416 e. The van der Waals surface area contributed by atoms with E-state index in [0.29, 0.717) is 18.2 Å². The number of carboxylic acids is 1. The van der Waals surface area contributed by atoms with Crippen molar-refractivity contribution in [1.82, 2.24) is 0 Å². The molecule has 8 heteroatoms. The van der Waals surface area contributed by atoms with Crippen LogP contribution in [0.3, 0.4) is 0 Å². The quantitative estimate of drug-likeness (QED) is 0.798. The maximum Gasteiger partial charge on any atom is 0.416 e. The van der Waals surface area contributed by atoms with E-state index in [-0.39, 0.29) is 11.1 Å². The third-order valence-electron chi connectivity index (χ3n) is 3.37. The molecule has 1 unspecified atom stereocenters. The Hall–Kier alpha value is -2.51. The molecule has 0 aliphatic rings. The van der Waals surface area contributed by atoms with Crippen LogP contribution in [0.25, 0.3) is 0 Å². The summed E-state index contributed by atoms with van der Waals surface area (Å²) in [5, 5.41) is 9.30. The summed E-state index contributed by atoms with van der Waals surface area (Å²) < 4.78 is 75.9. The van der Waals surface area contributed by atoms with Crippen LogP contribution in [0.5, 0.6) is 0 Å². The zero-order valence-electron chi connectivity index (χ0n) is 11.8. The molecule has 128 valence electrons. The summed E-state index contributed by atoms with van der Waals surface area (Å²) in [6, 6.07) is 6.98. The Kier molecular flexibility index (Phi) is 4.59. The van der Waals surface area contributed by atoms with Crippen molar-refractivity contribution in [3.05, 3.63) is 70.8 Å². The van der Waals surface area contributed by atoms with Crippen molar-refractivity contribution in [2.24, 2.45) is 0 Å². The summed E-state index contributed by atoms with van der Waals surface area (Å²) in [6.07, 6.45) is -9.24. The van der Waals surface area contributed by atoms with E-state index in [1.807, 2.05) is 0 Å². The second kappa shape index (κ2) is 6.18. The maximum absolute atomic E-state index is 12.7. The number of hydrogen-bond donors (Lipinski definition) is 1. The first-order chi connectivity index (χ1) is 11.0. The fraction of sp³-hybridized carbons (Fsp3) is 0.188. The van der Waals surface area contributed by atoms with Gasteiger partial charge in [0.05, 0.1) is 11.1 Å². The summed E-state index contributed by atoms with van der Waals surface area (Å²) in [5.41, 5.74) is -2.22. The van der Waals surface area contributed by atoms with E-state index in [1.54, 1.807) is 0 Å². The molecule has 2 aromatic rings. The Bertz CT molecular complexity index is 731. The highest BCUT2D eigenvalue weighted by atomic mass is 19.4. The van der Waals surface area contributed by atoms with Crippen LogP contribution in [-0.4, -0.2) is 11.1 Å². The lowest BCUT2D eigenvalue weighted by Crippen LogP contribution is -2.15. The van der Waals surface area contributed by atoms with E-state index in [4.69, 9.17) is 0 Å². The summed E-state index contributed by atoms with van der Waals surface area (Å²) in [5.74, 6) is -2.97. The predicted octanol–water partition coefficient (Wildman–Crippen LogP) is 4.94. The van der Waals surface area contributed by atoms with Gasteiger partial charge in [-0.25, -0.2) is 0 Å². The zero-order valence-corrected chi connectivity index (χ0v) is 11.8.